The molecule has 0 heterocycles. The van der Waals surface area contributed by atoms with Gasteiger partial charge in [-0.05, 0) is 59.5 Å². The molecule has 1 amide bonds. The summed E-state index contributed by atoms with van der Waals surface area (Å²) in [5, 5.41) is 12.3. The first-order valence-electron chi connectivity index (χ1n) is 9.57. The first-order chi connectivity index (χ1) is 14.6. The molecule has 0 aliphatic carbocycles. The number of nitriles is 1. The van der Waals surface area contributed by atoms with Crippen LogP contribution in [0.3, 0.4) is 0 Å². The maximum Gasteiger partial charge on any atom is 0.266 e. The van der Waals surface area contributed by atoms with Gasteiger partial charge in [-0.25, -0.2) is 0 Å². The average molecular weight is 461 g/mol. The molecular formula is C25H21BrN2O2. The van der Waals surface area contributed by atoms with Crippen molar-refractivity contribution >= 4 is 33.6 Å². The predicted octanol–water partition coefficient (Wildman–Crippen LogP) is 6.14. The monoisotopic (exact) mass is 460 g/mol. The van der Waals surface area contributed by atoms with Gasteiger partial charge in [-0.1, -0.05) is 65.3 Å². The fourth-order valence-corrected chi connectivity index (χ4v) is 3.16. The van der Waals surface area contributed by atoms with Gasteiger partial charge in [0.05, 0.1) is 0 Å². The third-order valence-corrected chi connectivity index (χ3v) is 5.03. The van der Waals surface area contributed by atoms with Gasteiger partial charge >= 0.3 is 0 Å². The summed E-state index contributed by atoms with van der Waals surface area (Å²) in [6.07, 6.45) is 2.36. The summed E-state index contributed by atoms with van der Waals surface area (Å²) in [7, 11) is 0. The molecule has 5 heteroatoms. The highest BCUT2D eigenvalue weighted by Crippen LogP contribution is 2.20. The minimum atomic E-state index is -0.431. The number of carbonyl (C=O) groups is 1. The number of halogens is 1. The fourth-order valence-electron chi connectivity index (χ4n) is 2.90. The molecule has 0 aliphatic rings. The number of carbonyl (C=O) groups excluding carboxylic acids is 1. The number of hydrogen-bond acceptors (Lipinski definition) is 3. The number of hydrogen-bond donors (Lipinski definition) is 1. The molecule has 150 valence electrons. The second-order valence-electron chi connectivity index (χ2n) is 6.62. The van der Waals surface area contributed by atoms with Gasteiger partial charge in [0.25, 0.3) is 5.91 Å². The Labute approximate surface area is 184 Å². The van der Waals surface area contributed by atoms with Crippen molar-refractivity contribution in [1.82, 2.24) is 0 Å². The molecule has 0 spiro atoms. The van der Waals surface area contributed by atoms with Crippen molar-refractivity contribution in [2.24, 2.45) is 0 Å². The van der Waals surface area contributed by atoms with Crippen LogP contribution in [0.25, 0.3) is 6.08 Å². The molecule has 3 rings (SSSR count). The lowest BCUT2D eigenvalue weighted by molar-refractivity contribution is -0.112. The molecule has 0 saturated carbocycles. The minimum absolute atomic E-state index is 0.0333. The predicted molar refractivity (Wildman–Crippen MR) is 123 cm³/mol. The minimum Gasteiger partial charge on any atom is -0.489 e. The Morgan fingerprint density at radius 2 is 1.87 bits per heavy atom. The highest BCUT2D eigenvalue weighted by molar-refractivity contribution is 9.10. The number of nitrogens with zero attached hydrogens (tertiary/aromatic N) is 1. The SMILES string of the molecule is CCc1ccccc1NC(=O)/C(C#N)=C\c1cccc(OCc2ccc(Br)cc2)c1. The molecule has 30 heavy (non-hydrogen) atoms. The van der Waals surface area contributed by atoms with Gasteiger partial charge in [0, 0.05) is 10.2 Å². The Morgan fingerprint density at radius 1 is 1.10 bits per heavy atom. The Hall–Kier alpha value is -3.36. The van der Waals surface area contributed by atoms with Crippen LogP contribution < -0.4 is 10.1 Å². The normalized spacial score (nSPS) is 10.9. The van der Waals surface area contributed by atoms with E-state index in [1.54, 1.807) is 6.08 Å². The molecular weight excluding hydrogens is 440 g/mol. The summed E-state index contributed by atoms with van der Waals surface area (Å²) < 4.78 is 6.86. The topological polar surface area (TPSA) is 62.1 Å². The van der Waals surface area contributed by atoms with Crippen LogP contribution in [0.2, 0.25) is 0 Å². The van der Waals surface area contributed by atoms with Crippen LogP contribution in [0.4, 0.5) is 5.69 Å². The van der Waals surface area contributed by atoms with E-state index < -0.39 is 5.91 Å². The summed E-state index contributed by atoms with van der Waals surface area (Å²) in [4.78, 5) is 12.6. The van der Waals surface area contributed by atoms with Crippen LogP contribution in [0.5, 0.6) is 5.75 Å². The van der Waals surface area contributed by atoms with Gasteiger partial charge in [0.2, 0.25) is 0 Å². The number of anilines is 1. The van der Waals surface area contributed by atoms with Crippen LogP contribution >= 0.6 is 15.9 Å². The third kappa shape index (κ3) is 5.82. The van der Waals surface area contributed by atoms with Crippen LogP contribution in [0, 0.1) is 11.3 Å². The van der Waals surface area contributed by atoms with E-state index >= 15 is 0 Å². The Morgan fingerprint density at radius 3 is 2.60 bits per heavy atom. The van der Waals surface area contributed by atoms with Crippen LogP contribution in [-0.2, 0) is 17.8 Å². The molecule has 0 atom stereocenters. The molecule has 0 fully saturated rings. The number of rotatable bonds is 7. The standard InChI is InChI=1S/C25H21BrN2O2/c1-2-20-7-3-4-9-24(20)28-25(29)21(16-27)14-19-6-5-8-23(15-19)30-17-18-10-12-22(26)13-11-18/h3-15H,2,17H2,1H3,(H,28,29)/b21-14-. The molecule has 0 bridgehead atoms. The number of ether oxygens (including phenoxy) is 1. The zero-order chi connectivity index (χ0) is 21.3. The maximum atomic E-state index is 12.6. The van der Waals surface area contributed by atoms with Crippen molar-refractivity contribution in [3.05, 3.63) is 99.5 Å². The molecule has 0 unspecified atom stereocenters. The average Bonchev–Trinajstić information content (AvgIpc) is 2.77. The van der Waals surface area contributed by atoms with E-state index in [2.05, 4.69) is 21.2 Å². The molecule has 1 N–H and O–H groups in total. The van der Waals surface area contributed by atoms with Gasteiger partial charge in [0.15, 0.2) is 0 Å². The number of para-hydroxylation sites is 1. The zero-order valence-corrected chi connectivity index (χ0v) is 18.1. The molecule has 0 radical (unpaired) electrons. The Balaban J connectivity index is 1.72. The van der Waals surface area contributed by atoms with E-state index in [-0.39, 0.29) is 5.57 Å². The number of aryl methyl sites for hydroxylation is 1. The van der Waals surface area contributed by atoms with Crippen LogP contribution in [-0.4, -0.2) is 5.91 Å². The molecule has 0 aromatic heterocycles. The summed E-state index contributed by atoms with van der Waals surface area (Å²) in [6.45, 7) is 2.45. The smallest absolute Gasteiger partial charge is 0.266 e. The van der Waals surface area contributed by atoms with Gasteiger partial charge in [-0.2, -0.15) is 5.26 Å². The quantitative estimate of drug-likeness (QED) is 0.340. The van der Waals surface area contributed by atoms with Crippen molar-refractivity contribution in [3.63, 3.8) is 0 Å². The highest BCUT2D eigenvalue weighted by Gasteiger charge is 2.11. The van der Waals surface area contributed by atoms with E-state index in [4.69, 9.17) is 4.74 Å². The van der Waals surface area contributed by atoms with Crippen LogP contribution in [0.1, 0.15) is 23.6 Å². The van der Waals surface area contributed by atoms with Gasteiger partial charge in [-0.15, -0.1) is 0 Å². The molecule has 4 nitrogen and oxygen atoms in total. The summed E-state index contributed by atoms with van der Waals surface area (Å²) in [5.74, 6) is 0.236. The largest absolute Gasteiger partial charge is 0.489 e. The van der Waals surface area contributed by atoms with Crippen LogP contribution in [0.15, 0.2) is 82.8 Å². The third-order valence-electron chi connectivity index (χ3n) is 4.50. The number of amides is 1. The van der Waals surface area contributed by atoms with Crippen molar-refractivity contribution in [1.29, 1.82) is 5.26 Å². The Kier molecular flexibility index (Phi) is 7.42. The first-order valence-corrected chi connectivity index (χ1v) is 10.4. The Bertz CT molecular complexity index is 1100. The summed E-state index contributed by atoms with van der Waals surface area (Å²) >= 11 is 3.41. The van der Waals surface area contributed by atoms with Gasteiger partial charge < -0.3 is 10.1 Å². The number of benzene rings is 3. The van der Waals surface area contributed by atoms with Crippen molar-refractivity contribution < 1.29 is 9.53 Å². The molecule has 0 aliphatic heterocycles. The van der Waals surface area contributed by atoms with Crippen molar-refractivity contribution in [3.8, 4) is 11.8 Å². The summed E-state index contributed by atoms with van der Waals surface area (Å²) in [5.41, 5.74) is 3.54. The first kappa shape index (κ1) is 21.4. The molecule has 3 aromatic carbocycles. The molecule has 3 aromatic rings. The van der Waals surface area contributed by atoms with E-state index in [0.717, 1.165) is 33.3 Å². The second-order valence-corrected chi connectivity index (χ2v) is 7.54. The fraction of sp³-hybridized carbons (Fsp3) is 0.120. The van der Waals surface area contributed by atoms with Gasteiger partial charge in [0.1, 0.15) is 24.0 Å². The zero-order valence-electron chi connectivity index (χ0n) is 16.6. The second kappa shape index (κ2) is 10.4. The van der Waals surface area contributed by atoms with E-state index in [0.29, 0.717) is 12.4 Å². The van der Waals surface area contributed by atoms with E-state index in [1.165, 1.54) is 0 Å². The van der Waals surface area contributed by atoms with E-state index in [9.17, 15) is 10.1 Å². The lowest BCUT2D eigenvalue weighted by atomic mass is 10.1. The van der Waals surface area contributed by atoms with Crippen molar-refractivity contribution in [2.45, 2.75) is 20.0 Å². The summed E-state index contributed by atoms with van der Waals surface area (Å²) in [6, 6.07) is 24.8. The van der Waals surface area contributed by atoms with Gasteiger partial charge in [-0.3, -0.25) is 4.79 Å². The molecule has 0 saturated heterocycles. The maximum absolute atomic E-state index is 12.6. The highest BCUT2D eigenvalue weighted by atomic mass is 79.9. The number of nitrogens with one attached hydrogen (secondary N) is 1. The lowest BCUT2D eigenvalue weighted by Crippen LogP contribution is -2.14. The lowest BCUT2D eigenvalue weighted by Gasteiger charge is -2.09. The van der Waals surface area contributed by atoms with Crippen molar-refractivity contribution in [2.75, 3.05) is 5.32 Å². The van der Waals surface area contributed by atoms with E-state index in [1.807, 2.05) is 85.8 Å².